The molecule has 0 spiro atoms. The van der Waals surface area contributed by atoms with Gasteiger partial charge in [0.1, 0.15) is 0 Å². The van der Waals surface area contributed by atoms with Crippen LogP contribution >= 0.6 is 0 Å². The van der Waals surface area contributed by atoms with E-state index in [0.29, 0.717) is 18.0 Å². The van der Waals surface area contributed by atoms with Crippen molar-refractivity contribution >= 4 is 10.0 Å². The van der Waals surface area contributed by atoms with Crippen LogP contribution in [-0.2, 0) is 10.0 Å². The zero-order chi connectivity index (χ0) is 15.2. The van der Waals surface area contributed by atoms with Crippen LogP contribution in [0.2, 0.25) is 0 Å². The maximum Gasteiger partial charge on any atom is 0.244 e. The molecule has 0 amide bonds. The number of benzene rings is 1. The van der Waals surface area contributed by atoms with Gasteiger partial charge in [-0.25, -0.2) is 8.42 Å². The molecule has 1 heterocycles. The van der Waals surface area contributed by atoms with E-state index in [1.165, 1.54) is 0 Å². The van der Waals surface area contributed by atoms with Crippen LogP contribution in [0.5, 0.6) is 0 Å². The predicted octanol–water partition coefficient (Wildman–Crippen LogP) is 2.15. The fourth-order valence-electron chi connectivity index (χ4n) is 3.17. The Balaban J connectivity index is 2.56. The number of piperazine rings is 1. The van der Waals surface area contributed by atoms with Crippen LogP contribution in [0.15, 0.2) is 29.2 Å². The van der Waals surface area contributed by atoms with Crippen LogP contribution in [0.3, 0.4) is 0 Å². The quantitative estimate of drug-likeness (QED) is 0.909. The lowest BCUT2D eigenvalue weighted by Gasteiger charge is -2.51. The summed E-state index contributed by atoms with van der Waals surface area (Å²) in [4.78, 5) is 0.376. The molecule has 1 aromatic carbocycles. The maximum absolute atomic E-state index is 13.1. The van der Waals surface area contributed by atoms with Crippen molar-refractivity contribution in [1.29, 1.82) is 0 Å². The average Bonchev–Trinajstić information content (AvgIpc) is 2.25. The van der Waals surface area contributed by atoms with Crippen LogP contribution < -0.4 is 5.32 Å². The monoisotopic (exact) mass is 296 g/mol. The second-order valence-corrected chi connectivity index (χ2v) is 8.60. The number of nitrogens with one attached hydrogen (secondary N) is 1. The van der Waals surface area contributed by atoms with Gasteiger partial charge in [-0.15, -0.1) is 0 Å². The first-order chi connectivity index (χ1) is 9.07. The van der Waals surface area contributed by atoms with Crippen molar-refractivity contribution in [3.63, 3.8) is 0 Å². The lowest BCUT2D eigenvalue weighted by atomic mass is 9.93. The van der Waals surface area contributed by atoms with E-state index in [0.717, 1.165) is 5.56 Å². The van der Waals surface area contributed by atoms with Crippen molar-refractivity contribution in [2.75, 3.05) is 13.1 Å². The molecule has 0 unspecified atom stereocenters. The highest BCUT2D eigenvalue weighted by Gasteiger charge is 2.48. The average molecular weight is 296 g/mol. The van der Waals surface area contributed by atoms with Crippen molar-refractivity contribution in [1.82, 2.24) is 9.62 Å². The topological polar surface area (TPSA) is 49.4 Å². The van der Waals surface area contributed by atoms with E-state index in [-0.39, 0.29) is 0 Å². The lowest BCUT2D eigenvalue weighted by molar-refractivity contribution is 0.0717. The van der Waals surface area contributed by atoms with E-state index in [1.54, 1.807) is 22.5 Å². The van der Waals surface area contributed by atoms with Crippen LogP contribution in [0.4, 0.5) is 0 Å². The Morgan fingerprint density at radius 3 is 2.15 bits per heavy atom. The van der Waals surface area contributed by atoms with Crippen molar-refractivity contribution in [3.05, 3.63) is 29.8 Å². The lowest BCUT2D eigenvalue weighted by Crippen LogP contribution is -2.69. The summed E-state index contributed by atoms with van der Waals surface area (Å²) in [6.45, 7) is 11.1. The summed E-state index contributed by atoms with van der Waals surface area (Å²) >= 11 is 0. The minimum absolute atomic E-state index is 0.376. The van der Waals surface area contributed by atoms with Crippen molar-refractivity contribution in [2.45, 2.75) is 50.6 Å². The minimum atomic E-state index is -3.51. The highest BCUT2D eigenvalue weighted by molar-refractivity contribution is 7.89. The molecule has 5 heteroatoms. The third-order valence-corrected chi connectivity index (χ3v) is 6.06. The molecule has 1 aliphatic heterocycles. The molecular formula is C15H24N2O2S. The third kappa shape index (κ3) is 2.62. The zero-order valence-electron chi connectivity index (χ0n) is 12.9. The Morgan fingerprint density at radius 2 is 1.65 bits per heavy atom. The van der Waals surface area contributed by atoms with Gasteiger partial charge in [-0.3, -0.25) is 0 Å². The van der Waals surface area contributed by atoms with Crippen molar-refractivity contribution < 1.29 is 8.42 Å². The van der Waals surface area contributed by atoms with Gasteiger partial charge < -0.3 is 5.32 Å². The van der Waals surface area contributed by atoms with Crippen LogP contribution in [0.1, 0.15) is 33.3 Å². The first-order valence-electron chi connectivity index (χ1n) is 6.90. The Kier molecular flexibility index (Phi) is 3.73. The van der Waals surface area contributed by atoms with Gasteiger partial charge in [-0.05, 0) is 52.3 Å². The highest BCUT2D eigenvalue weighted by atomic mass is 32.2. The molecule has 0 bridgehead atoms. The molecule has 0 aromatic heterocycles. The largest absolute Gasteiger partial charge is 0.313 e. The van der Waals surface area contributed by atoms with Gasteiger partial charge in [0.05, 0.1) is 4.90 Å². The number of sulfonamides is 1. The fourth-order valence-corrected chi connectivity index (χ4v) is 5.40. The smallest absolute Gasteiger partial charge is 0.244 e. The highest BCUT2D eigenvalue weighted by Crippen LogP contribution is 2.34. The second-order valence-electron chi connectivity index (χ2n) is 6.81. The molecule has 0 atom stereocenters. The standard InChI is InChI=1S/C15H24N2O2S/c1-12-7-6-8-13(9-12)20(18,19)17-14(2,3)10-16-11-15(17,4)5/h6-9,16H,10-11H2,1-5H3. The third-order valence-electron chi connectivity index (χ3n) is 3.74. The van der Waals surface area contributed by atoms with E-state index in [2.05, 4.69) is 5.32 Å². The van der Waals surface area contributed by atoms with Gasteiger partial charge in [0.25, 0.3) is 0 Å². The van der Waals surface area contributed by atoms with Gasteiger partial charge in [0.2, 0.25) is 10.0 Å². The molecule has 0 saturated carbocycles. The van der Waals surface area contributed by atoms with E-state index in [4.69, 9.17) is 0 Å². The number of hydrogen-bond acceptors (Lipinski definition) is 3. The van der Waals surface area contributed by atoms with Gasteiger partial charge >= 0.3 is 0 Å². The van der Waals surface area contributed by atoms with E-state index < -0.39 is 21.1 Å². The Bertz CT molecular complexity index is 590. The SMILES string of the molecule is Cc1cccc(S(=O)(=O)N2C(C)(C)CNCC2(C)C)c1. The Labute approximate surface area is 122 Å². The minimum Gasteiger partial charge on any atom is -0.313 e. The predicted molar refractivity (Wildman–Crippen MR) is 81.2 cm³/mol. The van der Waals surface area contributed by atoms with Gasteiger partial charge in [-0.1, -0.05) is 12.1 Å². The van der Waals surface area contributed by atoms with E-state index in [9.17, 15) is 8.42 Å². The maximum atomic E-state index is 13.1. The molecule has 112 valence electrons. The first kappa shape index (κ1) is 15.5. The molecule has 0 radical (unpaired) electrons. The molecule has 4 nitrogen and oxygen atoms in total. The molecule has 1 saturated heterocycles. The van der Waals surface area contributed by atoms with E-state index in [1.807, 2.05) is 40.7 Å². The van der Waals surface area contributed by atoms with Crippen LogP contribution in [0, 0.1) is 6.92 Å². The summed E-state index contributed by atoms with van der Waals surface area (Å²) in [5.74, 6) is 0. The van der Waals surface area contributed by atoms with E-state index >= 15 is 0 Å². The normalized spacial score (nSPS) is 22.6. The number of rotatable bonds is 2. The molecule has 0 aliphatic carbocycles. The molecule has 1 aliphatic rings. The fraction of sp³-hybridized carbons (Fsp3) is 0.600. The van der Waals surface area contributed by atoms with Crippen molar-refractivity contribution in [2.24, 2.45) is 0 Å². The van der Waals surface area contributed by atoms with Gasteiger partial charge in [-0.2, -0.15) is 4.31 Å². The summed E-state index contributed by atoms with van der Waals surface area (Å²) in [5, 5.41) is 3.32. The van der Waals surface area contributed by atoms with Crippen LogP contribution in [-0.4, -0.2) is 36.9 Å². The Morgan fingerprint density at radius 1 is 1.10 bits per heavy atom. The van der Waals surface area contributed by atoms with Crippen LogP contribution in [0.25, 0.3) is 0 Å². The first-order valence-corrected chi connectivity index (χ1v) is 8.34. The number of hydrogen-bond donors (Lipinski definition) is 1. The summed E-state index contributed by atoms with van der Waals surface area (Å²) in [6.07, 6.45) is 0. The number of aryl methyl sites for hydroxylation is 1. The summed E-state index contributed by atoms with van der Waals surface area (Å²) in [7, 11) is -3.51. The van der Waals surface area contributed by atoms with Gasteiger partial charge in [0.15, 0.2) is 0 Å². The summed E-state index contributed by atoms with van der Waals surface area (Å²) in [6, 6.07) is 7.12. The molecule has 1 aromatic rings. The molecule has 20 heavy (non-hydrogen) atoms. The van der Waals surface area contributed by atoms with Crippen molar-refractivity contribution in [3.8, 4) is 0 Å². The molecule has 1 N–H and O–H groups in total. The molecule has 1 fully saturated rings. The second kappa shape index (κ2) is 4.83. The number of nitrogens with zero attached hydrogens (tertiary/aromatic N) is 1. The summed E-state index contributed by atoms with van der Waals surface area (Å²) < 4.78 is 27.8. The Hall–Kier alpha value is -0.910. The zero-order valence-corrected chi connectivity index (χ0v) is 13.7. The molecule has 2 rings (SSSR count). The summed E-state index contributed by atoms with van der Waals surface area (Å²) in [5.41, 5.74) is 0.0473. The van der Waals surface area contributed by atoms with Gasteiger partial charge in [0, 0.05) is 24.2 Å². The molecular weight excluding hydrogens is 272 g/mol.